The molecule has 0 atom stereocenters. The van der Waals surface area contributed by atoms with E-state index in [0.717, 1.165) is 10.6 Å². The molecule has 7 nitrogen and oxygen atoms in total. The summed E-state index contributed by atoms with van der Waals surface area (Å²) >= 11 is 1.19. The smallest absolute Gasteiger partial charge is 0.257 e. The number of carbonyl (C=O) groups is 4. The van der Waals surface area contributed by atoms with E-state index in [2.05, 4.69) is 10.3 Å². The number of anilines is 2. The summed E-state index contributed by atoms with van der Waals surface area (Å²) in [5, 5.41) is 3.11. The number of aromatic nitrogens is 1. The molecule has 1 N–H and O–H groups in total. The summed E-state index contributed by atoms with van der Waals surface area (Å²) in [5.41, 5.74) is 1.28. The second-order valence-corrected chi connectivity index (χ2v) is 8.86. The average Bonchev–Trinajstić information content (AvgIpc) is 3.16. The van der Waals surface area contributed by atoms with Crippen LogP contribution in [0.4, 0.5) is 10.8 Å². The second-order valence-electron chi connectivity index (χ2n) is 7.86. The summed E-state index contributed by atoms with van der Waals surface area (Å²) in [7, 11) is 0. The first-order valence-corrected chi connectivity index (χ1v) is 9.85. The van der Waals surface area contributed by atoms with E-state index in [1.165, 1.54) is 17.4 Å². The lowest BCUT2D eigenvalue weighted by Crippen LogP contribution is -2.28. The van der Waals surface area contributed by atoms with E-state index in [9.17, 15) is 19.2 Å². The summed E-state index contributed by atoms with van der Waals surface area (Å²) in [6.07, 6.45) is 1.53. The van der Waals surface area contributed by atoms with E-state index in [0.29, 0.717) is 34.1 Å². The largest absolute Gasteiger partial charge is 0.298 e. The number of imide groups is 1. The van der Waals surface area contributed by atoms with Gasteiger partial charge >= 0.3 is 0 Å². The molecule has 0 spiro atoms. The molecule has 28 heavy (non-hydrogen) atoms. The van der Waals surface area contributed by atoms with Gasteiger partial charge in [-0.05, 0) is 30.0 Å². The number of rotatable bonds is 3. The van der Waals surface area contributed by atoms with Gasteiger partial charge in [0.2, 0.25) is 11.8 Å². The molecule has 3 amide bonds. The molecule has 144 valence electrons. The Morgan fingerprint density at radius 3 is 2.57 bits per heavy atom. The highest BCUT2D eigenvalue weighted by Gasteiger charge is 2.34. The van der Waals surface area contributed by atoms with Gasteiger partial charge in [0.05, 0.1) is 16.3 Å². The van der Waals surface area contributed by atoms with Crippen molar-refractivity contribution in [3.8, 4) is 0 Å². The standard InChI is InChI=1S/C20H19N3O4S/c1-20(2)9-13-17(14(24)10-20)28-19(21-13)22-18(27)11-4-3-5-12(8-11)23-15(25)6-7-16(23)26/h3-5,8H,6-7,9-10H2,1-2H3,(H,21,22,27). The normalized spacial score (nSPS) is 18.4. The lowest BCUT2D eigenvalue weighted by molar-refractivity contribution is -0.121. The predicted octanol–water partition coefficient (Wildman–Crippen LogP) is 3.20. The van der Waals surface area contributed by atoms with Crippen LogP contribution >= 0.6 is 11.3 Å². The topological polar surface area (TPSA) is 96.4 Å². The molecular weight excluding hydrogens is 378 g/mol. The molecule has 4 rings (SSSR count). The number of nitrogens with one attached hydrogen (secondary N) is 1. The Hall–Kier alpha value is -2.87. The number of nitrogens with zero attached hydrogens (tertiary/aromatic N) is 2. The van der Waals surface area contributed by atoms with Crippen LogP contribution in [-0.4, -0.2) is 28.5 Å². The first-order valence-electron chi connectivity index (χ1n) is 9.04. The minimum atomic E-state index is -0.404. The lowest BCUT2D eigenvalue weighted by atomic mass is 9.78. The maximum atomic E-state index is 12.6. The van der Waals surface area contributed by atoms with Gasteiger partial charge < -0.3 is 0 Å². The first-order chi connectivity index (χ1) is 13.2. The van der Waals surface area contributed by atoms with Crippen LogP contribution in [0.15, 0.2) is 24.3 Å². The van der Waals surface area contributed by atoms with E-state index >= 15 is 0 Å². The van der Waals surface area contributed by atoms with Crippen molar-refractivity contribution in [1.82, 2.24) is 4.98 Å². The van der Waals surface area contributed by atoms with Gasteiger partial charge in [-0.15, -0.1) is 0 Å². The van der Waals surface area contributed by atoms with Crippen molar-refractivity contribution in [2.24, 2.45) is 5.41 Å². The molecule has 1 aromatic heterocycles. The van der Waals surface area contributed by atoms with Crippen molar-refractivity contribution < 1.29 is 19.2 Å². The van der Waals surface area contributed by atoms with Crippen LogP contribution in [-0.2, 0) is 16.0 Å². The molecule has 2 heterocycles. The second kappa shape index (κ2) is 6.63. The third kappa shape index (κ3) is 3.35. The van der Waals surface area contributed by atoms with E-state index < -0.39 is 5.91 Å². The van der Waals surface area contributed by atoms with Gasteiger partial charge in [0.15, 0.2) is 10.9 Å². The number of fused-ring (bicyclic) bond motifs is 1. The molecule has 1 fully saturated rings. The summed E-state index contributed by atoms with van der Waals surface area (Å²) in [6.45, 7) is 4.05. The summed E-state index contributed by atoms with van der Waals surface area (Å²) in [6, 6.07) is 6.37. The van der Waals surface area contributed by atoms with Gasteiger partial charge in [-0.2, -0.15) is 0 Å². The number of hydrogen-bond acceptors (Lipinski definition) is 6. The minimum Gasteiger partial charge on any atom is -0.298 e. The molecule has 1 aromatic carbocycles. The number of amides is 3. The third-order valence-electron chi connectivity index (χ3n) is 4.87. The number of ketones is 1. The molecule has 1 aliphatic carbocycles. The minimum absolute atomic E-state index is 0.0531. The molecular formula is C20H19N3O4S. The third-order valence-corrected chi connectivity index (χ3v) is 5.93. The Kier molecular flexibility index (Phi) is 4.38. The van der Waals surface area contributed by atoms with Crippen LogP contribution in [0, 0.1) is 5.41 Å². The van der Waals surface area contributed by atoms with Crippen LogP contribution in [0.1, 0.15) is 58.8 Å². The molecule has 0 bridgehead atoms. The van der Waals surface area contributed by atoms with Crippen LogP contribution < -0.4 is 10.2 Å². The van der Waals surface area contributed by atoms with Gasteiger partial charge in [0, 0.05) is 24.8 Å². The quantitative estimate of drug-likeness (QED) is 0.803. The van der Waals surface area contributed by atoms with Gasteiger partial charge in [-0.1, -0.05) is 31.3 Å². The van der Waals surface area contributed by atoms with Gasteiger partial charge in [0.25, 0.3) is 5.91 Å². The zero-order valence-corrected chi connectivity index (χ0v) is 16.4. The molecule has 1 aliphatic heterocycles. The van der Waals surface area contributed by atoms with E-state index in [-0.39, 0.29) is 35.9 Å². The molecule has 0 radical (unpaired) electrons. The van der Waals surface area contributed by atoms with Gasteiger partial charge in [0.1, 0.15) is 0 Å². The number of benzene rings is 1. The fourth-order valence-electron chi connectivity index (χ4n) is 3.59. The van der Waals surface area contributed by atoms with Crippen molar-refractivity contribution in [2.45, 2.75) is 39.5 Å². The van der Waals surface area contributed by atoms with E-state index in [1.54, 1.807) is 18.2 Å². The Labute approximate surface area is 165 Å². The fraction of sp³-hybridized carbons (Fsp3) is 0.350. The molecule has 1 saturated heterocycles. The summed E-state index contributed by atoms with van der Waals surface area (Å²) in [5.74, 6) is -0.886. The Balaban J connectivity index is 1.55. The molecule has 2 aliphatic rings. The van der Waals surface area contributed by atoms with Gasteiger partial charge in [-0.25, -0.2) is 4.98 Å². The van der Waals surface area contributed by atoms with Crippen LogP contribution in [0.3, 0.4) is 0 Å². The number of carbonyl (C=O) groups excluding carboxylic acids is 4. The maximum absolute atomic E-state index is 12.6. The van der Waals surface area contributed by atoms with Crippen molar-refractivity contribution >= 4 is 45.7 Å². The number of thiazole rings is 1. The van der Waals surface area contributed by atoms with Crippen LogP contribution in [0.2, 0.25) is 0 Å². The highest BCUT2D eigenvalue weighted by molar-refractivity contribution is 7.17. The zero-order chi connectivity index (χ0) is 20.1. The van der Waals surface area contributed by atoms with E-state index in [1.807, 2.05) is 13.8 Å². The highest BCUT2D eigenvalue weighted by atomic mass is 32.1. The predicted molar refractivity (Wildman–Crippen MR) is 105 cm³/mol. The van der Waals surface area contributed by atoms with Crippen molar-refractivity contribution in [3.05, 3.63) is 40.4 Å². The van der Waals surface area contributed by atoms with Crippen molar-refractivity contribution in [2.75, 3.05) is 10.2 Å². The average molecular weight is 397 g/mol. The summed E-state index contributed by atoms with van der Waals surface area (Å²) in [4.78, 5) is 54.9. The van der Waals surface area contributed by atoms with E-state index in [4.69, 9.17) is 0 Å². The van der Waals surface area contributed by atoms with Crippen molar-refractivity contribution in [1.29, 1.82) is 0 Å². The maximum Gasteiger partial charge on any atom is 0.257 e. The van der Waals surface area contributed by atoms with Crippen LogP contribution in [0.25, 0.3) is 0 Å². The molecule has 0 unspecified atom stereocenters. The van der Waals surface area contributed by atoms with Crippen molar-refractivity contribution in [3.63, 3.8) is 0 Å². The lowest BCUT2D eigenvalue weighted by Gasteiger charge is -2.26. The zero-order valence-electron chi connectivity index (χ0n) is 15.6. The highest BCUT2D eigenvalue weighted by Crippen LogP contribution is 2.38. The molecule has 2 aromatic rings. The Morgan fingerprint density at radius 2 is 1.86 bits per heavy atom. The Morgan fingerprint density at radius 1 is 1.14 bits per heavy atom. The number of Topliss-reactive ketones (excluding diaryl/α,β-unsaturated/α-hetero) is 1. The van der Waals surface area contributed by atoms with Crippen LogP contribution in [0.5, 0.6) is 0 Å². The SMILES string of the molecule is CC1(C)CC(=O)c2sc(NC(=O)c3cccc(N4C(=O)CCC4=O)c3)nc2C1. The summed E-state index contributed by atoms with van der Waals surface area (Å²) < 4.78 is 0. The molecule has 0 saturated carbocycles. The first kappa shape index (κ1) is 18.5. The van der Waals surface area contributed by atoms with Gasteiger partial charge in [-0.3, -0.25) is 29.4 Å². The number of hydrogen-bond donors (Lipinski definition) is 1. The Bertz CT molecular complexity index is 1010. The molecule has 8 heteroatoms. The monoisotopic (exact) mass is 397 g/mol. The fourth-order valence-corrected chi connectivity index (χ4v) is 4.51.